The van der Waals surface area contributed by atoms with Gasteiger partial charge in [0, 0.05) is 49.8 Å². The molecule has 0 radical (unpaired) electrons. The fraction of sp³-hybridized carbons (Fsp3) is 0.227. The Bertz CT molecular complexity index is 940. The first-order valence-electron chi connectivity index (χ1n) is 9.40. The van der Waals surface area contributed by atoms with Gasteiger partial charge in [-0.2, -0.15) is 0 Å². The van der Waals surface area contributed by atoms with E-state index in [0.717, 1.165) is 19.6 Å². The Labute approximate surface area is 163 Å². The molecule has 0 saturated carbocycles. The van der Waals surface area contributed by atoms with E-state index in [1.807, 2.05) is 18.2 Å². The van der Waals surface area contributed by atoms with Gasteiger partial charge in [-0.1, -0.05) is 36.4 Å². The van der Waals surface area contributed by atoms with Gasteiger partial charge in [0.2, 0.25) is 0 Å². The van der Waals surface area contributed by atoms with Crippen LogP contribution in [0.25, 0.3) is 0 Å². The number of nitrogens with zero attached hydrogens (tertiary/aromatic N) is 2. The second kappa shape index (κ2) is 8.27. The number of fused-ring (bicyclic) bond motifs is 1. The number of hydrogen-bond donors (Lipinski definition) is 2. The minimum atomic E-state index is -0.376. The number of benzene rings is 2. The highest BCUT2D eigenvalue weighted by Crippen LogP contribution is 2.20. The maximum atomic E-state index is 13.3. The van der Waals surface area contributed by atoms with Gasteiger partial charge in [0.05, 0.1) is 0 Å². The minimum absolute atomic E-state index is 0.165. The van der Waals surface area contributed by atoms with Gasteiger partial charge in [0.15, 0.2) is 0 Å². The lowest BCUT2D eigenvalue weighted by Crippen LogP contribution is -2.49. The highest BCUT2D eigenvalue weighted by atomic mass is 19.1. The third-order valence-corrected chi connectivity index (χ3v) is 5.02. The molecule has 0 saturated heterocycles. The minimum Gasteiger partial charge on any atom is -0.349 e. The molecule has 3 aromatic rings. The van der Waals surface area contributed by atoms with Crippen LogP contribution in [-0.4, -0.2) is 28.1 Å². The van der Waals surface area contributed by atoms with Crippen LogP contribution in [0.1, 0.15) is 11.3 Å². The molecule has 0 spiro atoms. The second-order valence-electron chi connectivity index (χ2n) is 7.04. The lowest BCUT2D eigenvalue weighted by atomic mass is 10.1. The number of carbonyl (C=O) groups is 1. The van der Waals surface area contributed by atoms with Crippen LogP contribution < -0.4 is 10.6 Å². The van der Waals surface area contributed by atoms with E-state index in [9.17, 15) is 9.18 Å². The Kier molecular flexibility index (Phi) is 5.39. The molecule has 4 rings (SSSR count). The number of hydrogen-bond acceptors (Lipinski definition) is 2. The first-order chi connectivity index (χ1) is 13.7. The van der Waals surface area contributed by atoms with E-state index < -0.39 is 0 Å². The summed E-state index contributed by atoms with van der Waals surface area (Å²) in [5.74, 6) is -0.376. The van der Waals surface area contributed by atoms with Gasteiger partial charge < -0.3 is 15.2 Å². The van der Waals surface area contributed by atoms with Crippen LogP contribution >= 0.6 is 0 Å². The van der Waals surface area contributed by atoms with E-state index in [0.29, 0.717) is 12.2 Å². The topological polar surface area (TPSA) is 49.3 Å². The zero-order valence-electron chi connectivity index (χ0n) is 15.5. The van der Waals surface area contributed by atoms with Crippen molar-refractivity contribution in [2.45, 2.75) is 25.7 Å². The van der Waals surface area contributed by atoms with E-state index in [2.05, 4.69) is 50.6 Å². The Hall–Kier alpha value is -3.12. The summed E-state index contributed by atoms with van der Waals surface area (Å²) in [5, 5.41) is 5.62. The van der Waals surface area contributed by atoms with Crippen molar-refractivity contribution in [3.63, 3.8) is 0 Å². The first-order valence-corrected chi connectivity index (χ1v) is 9.40. The maximum absolute atomic E-state index is 13.3. The largest absolute Gasteiger partial charge is 0.349 e. The Morgan fingerprint density at radius 2 is 1.93 bits per heavy atom. The molecule has 1 aromatic heterocycles. The first kappa shape index (κ1) is 18.3. The predicted octanol–water partition coefficient (Wildman–Crippen LogP) is 3.83. The summed E-state index contributed by atoms with van der Waals surface area (Å²) in [5.41, 5.74) is 2.96. The molecule has 2 heterocycles. The molecule has 1 aliphatic rings. The van der Waals surface area contributed by atoms with Crippen molar-refractivity contribution < 1.29 is 9.18 Å². The van der Waals surface area contributed by atoms with Gasteiger partial charge in [-0.15, -0.1) is 0 Å². The normalized spacial score (nSPS) is 16.4. The van der Waals surface area contributed by atoms with Gasteiger partial charge in [-0.3, -0.25) is 4.90 Å². The lowest BCUT2D eigenvalue weighted by Gasteiger charge is -2.37. The van der Waals surface area contributed by atoms with Crippen molar-refractivity contribution in [3.05, 3.63) is 90.0 Å². The maximum Gasteiger partial charge on any atom is 0.319 e. The fourth-order valence-electron chi connectivity index (χ4n) is 3.60. The van der Waals surface area contributed by atoms with Gasteiger partial charge in [-0.25, -0.2) is 9.18 Å². The zero-order chi connectivity index (χ0) is 19.3. The smallest absolute Gasteiger partial charge is 0.319 e. The van der Waals surface area contributed by atoms with Crippen molar-refractivity contribution in [3.8, 4) is 0 Å². The number of aromatic nitrogens is 1. The Morgan fingerprint density at radius 1 is 1.07 bits per heavy atom. The summed E-state index contributed by atoms with van der Waals surface area (Å²) in [7, 11) is 0. The van der Waals surface area contributed by atoms with Gasteiger partial charge >= 0.3 is 6.03 Å². The van der Waals surface area contributed by atoms with E-state index in [1.54, 1.807) is 12.1 Å². The molecule has 1 aliphatic heterocycles. The number of amides is 2. The van der Waals surface area contributed by atoms with E-state index in [-0.39, 0.29) is 17.9 Å². The van der Waals surface area contributed by atoms with Crippen LogP contribution in [0.2, 0.25) is 0 Å². The molecular weight excluding hydrogens is 355 g/mol. The number of anilines is 1. The predicted molar refractivity (Wildman–Crippen MR) is 107 cm³/mol. The molecule has 1 atom stereocenters. The Morgan fingerprint density at radius 3 is 2.75 bits per heavy atom. The van der Waals surface area contributed by atoms with Gasteiger partial charge in [0.1, 0.15) is 5.82 Å². The Balaban J connectivity index is 1.41. The molecule has 2 N–H and O–H groups in total. The average Bonchev–Trinajstić information content (AvgIpc) is 3.14. The van der Waals surface area contributed by atoms with Crippen LogP contribution in [0.5, 0.6) is 0 Å². The van der Waals surface area contributed by atoms with Crippen LogP contribution in [0.4, 0.5) is 14.9 Å². The van der Waals surface area contributed by atoms with Crippen LogP contribution in [0.15, 0.2) is 72.9 Å². The summed E-state index contributed by atoms with van der Waals surface area (Å²) >= 11 is 0. The summed E-state index contributed by atoms with van der Waals surface area (Å²) in [6.45, 7) is 2.98. The number of halogens is 1. The van der Waals surface area contributed by atoms with Gasteiger partial charge in [0.25, 0.3) is 0 Å². The molecule has 144 valence electrons. The summed E-state index contributed by atoms with van der Waals surface area (Å²) in [6, 6.07) is 20.3. The quantitative estimate of drug-likeness (QED) is 0.709. The average molecular weight is 378 g/mol. The van der Waals surface area contributed by atoms with Crippen molar-refractivity contribution in [1.82, 2.24) is 14.8 Å². The molecule has 0 aliphatic carbocycles. The molecule has 28 heavy (non-hydrogen) atoms. The number of carbonyl (C=O) groups excluding carboxylic acids is 1. The lowest BCUT2D eigenvalue weighted by molar-refractivity contribution is 0.130. The second-order valence-corrected chi connectivity index (χ2v) is 7.04. The van der Waals surface area contributed by atoms with Crippen molar-refractivity contribution in [1.29, 1.82) is 0 Å². The monoisotopic (exact) mass is 378 g/mol. The fourth-order valence-corrected chi connectivity index (χ4v) is 3.60. The molecule has 2 amide bonds. The summed E-state index contributed by atoms with van der Waals surface area (Å²) < 4.78 is 15.5. The molecule has 1 unspecified atom stereocenters. The van der Waals surface area contributed by atoms with Crippen LogP contribution in [0, 0.1) is 5.82 Å². The number of urea groups is 1. The molecule has 6 heteroatoms. The van der Waals surface area contributed by atoms with E-state index >= 15 is 0 Å². The van der Waals surface area contributed by atoms with Crippen LogP contribution in [-0.2, 0) is 19.6 Å². The molecular formula is C22H23FN4O. The third-order valence-electron chi connectivity index (χ3n) is 5.02. The SMILES string of the molecule is O=C(NCC1Cn2cccc2CN1Cc1ccccc1)Nc1cccc(F)c1. The third kappa shape index (κ3) is 4.40. The van der Waals surface area contributed by atoms with Crippen molar-refractivity contribution >= 4 is 11.7 Å². The standard InChI is InChI=1S/C22H23FN4O/c23-18-8-4-9-19(12-18)25-22(28)24-13-21-16-26-11-5-10-20(26)15-27(21)14-17-6-2-1-3-7-17/h1-12,21H,13-16H2,(H2,24,25,28). The van der Waals surface area contributed by atoms with E-state index in [1.165, 1.54) is 23.4 Å². The van der Waals surface area contributed by atoms with Crippen molar-refractivity contribution in [2.75, 3.05) is 11.9 Å². The number of nitrogens with one attached hydrogen (secondary N) is 2. The van der Waals surface area contributed by atoms with Crippen LogP contribution in [0.3, 0.4) is 0 Å². The summed E-state index contributed by atoms with van der Waals surface area (Å²) in [6.07, 6.45) is 2.08. The molecule has 5 nitrogen and oxygen atoms in total. The summed E-state index contributed by atoms with van der Waals surface area (Å²) in [4.78, 5) is 14.6. The highest BCUT2D eigenvalue weighted by molar-refractivity contribution is 5.89. The molecule has 2 aromatic carbocycles. The van der Waals surface area contributed by atoms with E-state index in [4.69, 9.17) is 0 Å². The molecule has 0 fully saturated rings. The van der Waals surface area contributed by atoms with Crippen molar-refractivity contribution in [2.24, 2.45) is 0 Å². The highest BCUT2D eigenvalue weighted by Gasteiger charge is 2.26. The van der Waals surface area contributed by atoms with Gasteiger partial charge in [-0.05, 0) is 35.9 Å². The zero-order valence-corrected chi connectivity index (χ0v) is 15.5. The molecule has 0 bridgehead atoms. The number of rotatable bonds is 5.